The van der Waals surface area contributed by atoms with Gasteiger partial charge in [0.2, 0.25) is 0 Å². The summed E-state index contributed by atoms with van der Waals surface area (Å²) in [5, 5.41) is 21.7. The van der Waals surface area contributed by atoms with Gasteiger partial charge in [0.25, 0.3) is 0 Å². The van der Waals surface area contributed by atoms with E-state index < -0.39 is 18.1 Å². The fraction of sp³-hybridized carbons (Fsp3) is 0.600. The number of nitrogens with zero attached hydrogens (tertiary/aromatic N) is 1. The Balaban J connectivity index is 2.41. The number of nitrogens with one attached hydrogen (secondary N) is 1. The number of aliphatic hydroxyl groups excluding tert-OH is 1. The number of hydrogen-bond donors (Lipinski definition) is 3. The number of aromatic nitrogens is 1. The number of rotatable bonds is 9. The summed E-state index contributed by atoms with van der Waals surface area (Å²) < 4.78 is 5.05. The highest BCUT2D eigenvalue weighted by Gasteiger charge is 2.28. The molecular formula is C15H24N2O4. The van der Waals surface area contributed by atoms with Gasteiger partial charge in [-0.05, 0) is 44.4 Å². The molecule has 21 heavy (non-hydrogen) atoms. The quantitative estimate of drug-likeness (QED) is 0.631. The van der Waals surface area contributed by atoms with Gasteiger partial charge in [-0.3, -0.25) is 9.78 Å². The fourth-order valence-electron chi connectivity index (χ4n) is 2.22. The number of hydrogen-bond acceptors (Lipinski definition) is 5. The molecule has 0 aliphatic heterocycles. The van der Waals surface area contributed by atoms with Crippen LogP contribution >= 0.6 is 0 Å². The first-order valence-corrected chi connectivity index (χ1v) is 7.06. The van der Waals surface area contributed by atoms with E-state index in [1.807, 2.05) is 19.1 Å². The highest BCUT2D eigenvalue weighted by Crippen LogP contribution is 2.16. The van der Waals surface area contributed by atoms with Crippen molar-refractivity contribution in [2.45, 2.75) is 38.3 Å². The Labute approximate surface area is 125 Å². The first-order valence-electron chi connectivity index (χ1n) is 7.06. The minimum atomic E-state index is -1.03. The highest BCUT2D eigenvalue weighted by molar-refractivity contribution is 5.74. The second-order valence-electron chi connectivity index (χ2n) is 5.15. The Morgan fingerprint density at radius 1 is 1.48 bits per heavy atom. The van der Waals surface area contributed by atoms with Crippen LogP contribution in [0.3, 0.4) is 0 Å². The zero-order valence-electron chi connectivity index (χ0n) is 12.7. The summed E-state index contributed by atoms with van der Waals surface area (Å²) in [5.41, 5.74) is 0.959. The molecule has 6 heteroatoms. The van der Waals surface area contributed by atoms with Crippen molar-refractivity contribution in [1.29, 1.82) is 0 Å². The number of aliphatic hydroxyl groups is 1. The monoisotopic (exact) mass is 296 g/mol. The Hall–Kier alpha value is -1.66. The van der Waals surface area contributed by atoms with Crippen LogP contribution in [0.25, 0.3) is 0 Å². The van der Waals surface area contributed by atoms with E-state index in [1.54, 1.807) is 13.3 Å². The van der Waals surface area contributed by atoms with E-state index in [-0.39, 0.29) is 5.92 Å². The molecule has 3 atom stereocenters. The molecule has 1 rings (SSSR count). The smallest absolute Gasteiger partial charge is 0.323 e. The molecule has 6 nitrogen and oxygen atoms in total. The minimum Gasteiger partial charge on any atom is -0.495 e. The van der Waals surface area contributed by atoms with Gasteiger partial charge < -0.3 is 20.3 Å². The third-order valence-electron chi connectivity index (χ3n) is 3.63. The van der Waals surface area contributed by atoms with Gasteiger partial charge in [-0.25, -0.2) is 0 Å². The molecule has 1 aromatic rings. The number of likely N-dealkylation sites (N-methyl/N-ethyl adjacent to an activating group) is 1. The van der Waals surface area contributed by atoms with E-state index >= 15 is 0 Å². The fourth-order valence-corrected chi connectivity index (χ4v) is 2.22. The SMILES string of the molecule is CN[C@H](C(=O)O)[C@H](O)[C@H](C)CCCc1ccc(OC)cn1. The van der Waals surface area contributed by atoms with E-state index in [1.165, 1.54) is 7.05 Å². The van der Waals surface area contributed by atoms with Crippen LogP contribution in [0.15, 0.2) is 18.3 Å². The lowest BCUT2D eigenvalue weighted by molar-refractivity contribution is -0.143. The molecule has 0 spiro atoms. The molecule has 0 aromatic carbocycles. The number of aryl methyl sites for hydroxylation is 1. The van der Waals surface area contributed by atoms with E-state index in [0.717, 1.165) is 30.7 Å². The summed E-state index contributed by atoms with van der Waals surface area (Å²) >= 11 is 0. The second-order valence-corrected chi connectivity index (χ2v) is 5.15. The van der Waals surface area contributed by atoms with Crippen molar-refractivity contribution in [3.8, 4) is 5.75 Å². The maximum absolute atomic E-state index is 11.0. The number of carboxylic acids is 1. The zero-order chi connectivity index (χ0) is 15.8. The van der Waals surface area contributed by atoms with Gasteiger partial charge in [0.05, 0.1) is 19.4 Å². The first kappa shape index (κ1) is 17.4. The summed E-state index contributed by atoms with van der Waals surface area (Å²) in [5.74, 6) is -0.411. The van der Waals surface area contributed by atoms with Crippen molar-refractivity contribution in [3.63, 3.8) is 0 Å². The van der Waals surface area contributed by atoms with Gasteiger partial charge in [0.1, 0.15) is 11.8 Å². The summed E-state index contributed by atoms with van der Waals surface area (Å²) in [6.07, 6.45) is 3.14. The molecule has 0 aliphatic carbocycles. The molecule has 1 heterocycles. The van der Waals surface area contributed by atoms with Crippen molar-refractivity contribution >= 4 is 5.97 Å². The predicted octanol–water partition coefficient (Wildman–Crippen LogP) is 1.08. The molecule has 0 saturated heterocycles. The van der Waals surface area contributed by atoms with E-state index in [0.29, 0.717) is 0 Å². The molecule has 0 unspecified atom stereocenters. The second kappa shape index (κ2) is 8.59. The highest BCUT2D eigenvalue weighted by atomic mass is 16.5. The summed E-state index contributed by atoms with van der Waals surface area (Å²) in [6.45, 7) is 1.86. The van der Waals surface area contributed by atoms with E-state index in [2.05, 4.69) is 10.3 Å². The van der Waals surface area contributed by atoms with Gasteiger partial charge in [0.15, 0.2) is 0 Å². The average molecular weight is 296 g/mol. The predicted molar refractivity (Wildman–Crippen MR) is 79.4 cm³/mol. The van der Waals surface area contributed by atoms with Gasteiger partial charge in [-0.2, -0.15) is 0 Å². The van der Waals surface area contributed by atoms with Crippen LogP contribution in [0.4, 0.5) is 0 Å². The van der Waals surface area contributed by atoms with Crippen molar-refractivity contribution in [2.75, 3.05) is 14.2 Å². The maximum atomic E-state index is 11.0. The first-order chi connectivity index (χ1) is 9.99. The largest absolute Gasteiger partial charge is 0.495 e. The molecule has 118 valence electrons. The Morgan fingerprint density at radius 2 is 2.19 bits per heavy atom. The maximum Gasteiger partial charge on any atom is 0.323 e. The third kappa shape index (κ3) is 5.32. The average Bonchev–Trinajstić information content (AvgIpc) is 2.48. The van der Waals surface area contributed by atoms with E-state index in [9.17, 15) is 9.90 Å². The molecule has 0 fully saturated rings. The molecule has 0 aliphatic rings. The molecule has 0 bridgehead atoms. The number of aliphatic carboxylic acids is 1. The van der Waals surface area contributed by atoms with Crippen LogP contribution in [0.5, 0.6) is 5.75 Å². The number of carbonyl (C=O) groups is 1. The normalized spacial score (nSPS) is 15.2. The van der Waals surface area contributed by atoms with Gasteiger partial charge in [-0.1, -0.05) is 6.92 Å². The Kier molecular flexibility index (Phi) is 7.11. The summed E-state index contributed by atoms with van der Waals surface area (Å²) in [7, 11) is 3.14. The number of ether oxygens (including phenoxy) is 1. The third-order valence-corrected chi connectivity index (χ3v) is 3.63. The summed E-state index contributed by atoms with van der Waals surface area (Å²) in [4.78, 5) is 15.3. The van der Waals surface area contributed by atoms with Gasteiger partial charge >= 0.3 is 5.97 Å². The van der Waals surface area contributed by atoms with E-state index in [4.69, 9.17) is 9.84 Å². The van der Waals surface area contributed by atoms with Crippen LogP contribution in [-0.4, -0.2) is 47.5 Å². The standard InChI is InChI=1S/C15H24N2O4/c1-10(14(18)13(16-2)15(19)20)5-4-6-11-7-8-12(21-3)9-17-11/h7-10,13-14,16,18H,4-6H2,1-3H3,(H,19,20)/t10-,13+,14-/m1/s1. The minimum absolute atomic E-state index is 0.100. The molecule has 3 N–H and O–H groups in total. The molecule has 0 amide bonds. The lowest BCUT2D eigenvalue weighted by Crippen LogP contribution is -2.47. The van der Waals surface area contributed by atoms with Crippen molar-refractivity contribution in [3.05, 3.63) is 24.0 Å². The lowest BCUT2D eigenvalue weighted by Gasteiger charge is -2.24. The van der Waals surface area contributed by atoms with Crippen molar-refractivity contribution in [1.82, 2.24) is 10.3 Å². The van der Waals surface area contributed by atoms with Crippen molar-refractivity contribution < 1.29 is 19.7 Å². The van der Waals surface area contributed by atoms with Crippen molar-refractivity contribution in [2.24, 2.45) is 5.92 Å². The molecule has 0 radical (unpaired) electrons. The van der Waals surface area contributed by atoms with Gasteiger partial charge in [0, 0.05) is 5.69 Å². The Bertz CT molecular complexity index is 436. The molecular weight excluding hydrogens is 272 g/mol. The summed E-state index contributed by atoms with van der Waals surface area (Å²) in [6, 6.07) is 2.84. The van der Waals surface area contributed by atoms with Crippen LogP contribution in [0, 0.1) is 5.92 Å². The van der Waals surface area contributed by atoms with Crippen LogP contribution < -0.4 is 10.1 Å². The van der Waals surface area contributed by atoms with Crippen LogP contribution in [0.2, 0.25) is 0 Å². The zero-order valence-corrected chi connectivity index (χ0v) is 12.7. The lowest BCUT2D eigenvalue weighted by atomic mass is 9.92. The van der Waals surface area contributed by atoms with Crippen LogP contribution in [0.1, 0.15) is 25.5 Å². The topological polar surface area (TPSA) is 91.7 Å². The molecule has 0 saturated carbocycles. The number of carboxylic acid groups (broad SMARTS) is 1. The molecule has 1 aromatic heterocycles. The van der Waals surface area contributed by atoms with Crippen LogP contribution in [-0.2, 0) is 11.2 Å². The van der Waals surface area contributed by atoms with Gasteiger partial charge in [-0.15, -0.1) is 0 Å². The Morgan fingerprint density at radius 3 is 2.67 bits per heavy atom. The number of methoxy groups -OCH3 is 1. The number of pyridine rings is 1.